The first-order chi connectivity index (χ1) is 12.3. The summed E-state index contributed by atoms with van der Waals surface area (Å²) in [5.74, 6) is 0. The van der Waals surface area contributed by atoms with E-state index >= 15 is 0 Å². The number of nitrogens with zero attached hydrogens (tertiary/aromatic N) is 3. The third kappa shape index (κ3) is 3.68. The number of benzene rings is 1. The predicted octanol–water partition coefficient (Wildman–Crippen LogP) is 1.52. The van der Waals surface area contributed by atoms with Gasteiger partial charge in [0.1, 0.15) is 0 Å². The fraction of sp³-hybridized carbons (Fsp3) is 0.562. The Labute approximate surface area is 150 Å². The Morgan fingerprint density at radius 1 is 1.20 bits per heavy atom. The molecule has 0 unspecified atom stereocenters. The van der Waals surface area contributed by atoms with Gasteiger partial charge in [0.05, 0.1) is 30.7 Å². The SMILES string of the molecule is S=C(NC[C@H]1CCCO1)Nc1ccc(N2CCOCC2)c2nonc12. The minimum absolute atomic E-state index is 0.234. The largest absolute Gasteiger partial charge is 0.378 e. The molecule has 0 bridgehead atoms. The molecule has 2 saturated heterocycles. The number of aromatic nitrogens is 2. The Bertz CT molecular complexity index is 740. The monoisotopic (exact) mass is 363 g/mol. The van der Waals surface area contributed by atoms with Crippen molar-refractivity contribution in [2.24, 2.45) is 0 Å². The molecule has 1 aromatic carbocycles. The molecule has 1 aromatic heterocycles. The van der Waals surface area contributed by atoms with E-state index in [2.05, 4.69) is 25.8 Å². The molecular weight excluding hydrogens is 342 g/mol. The van der Waals surface area contributed by atoms with Gasteiger partial charge in [-0.15, -0.1) is 0 Å². The second kappa shape index (κ2) is 7.51. The molecule has 0 amide bonds. The number of ether oxygens (including phenoxy) is 2. The summed E-state index contributed by atoms with van der Waals surface area (Å²) in [5, 5.41) is 15.0. The molecule has 2 fully saturated rings. The Morgan fingerprint density at radius 2 is 2.04 bits per heavy atom. The van der Waals surface area contributed by atoms with E-state index in [1.165, 1.54) is 0 Å². The number of anilines is 2. The summed E-state index contributed by atoms with van der Waals surface area (Å²) in [6.07, 6.45) is 2.42. The molecule has 0 spiro atoms. The van der Waals surface area contributed by atoms with Crippen LogP contribution in [0.25, 0.3) is 11.0 Å². The van der Waals surface area contributed by atoms with Gasteiger partial charge >= 0.3 is 0 Å². The maximum atomic E-state index is 5.59. The topological polar surface area (TPSA) is 84.7 Å². The van der Waals surface area contributed by atoms with Crippen LogP contribution in [0.1, 0.15) is 12.8 Å². The first kappa shape index (κ1) is 16.5. The minimum atomic E-state index is 0.234. The molecule has 2 aliphatic heterocycles. The lowest BCUT2D eigenvalue weighted by molar-refractivity contribution is 0.114. The number of thiocarbonyl (C=S) groups is 1. The van der Waals surface area contributed by atoms with Crippen LogP contribution in [0.3, 0.4) is 0 Å². The summed E-state index contributed by atoms with van der Waals surface area (Å²) in [6.45, 7) is 4.62. The Morgan fingerprint density at radius 3 is 2.84 bits per heavy atom. The van der Waals surface area contributed by atoms with E-state index in [9.17, 15) is 0 Å². The zero-order valence-electron chi connectivity index (χ0n) is 13.9. The van der Waals surface area contributed by atoms with Crippen molar-refractivity contribution < 1.29 is 14.1 Å². The normalized spacial score (nSPS) is 20.8. The lowest BCUT2D eigenvalue weighted by Crippen LogP contribution is -2.36. The number of morpholine rings is 1. The summed E-state index contributed by atoms with van der Waals surface area (Å²) < 4.78 is 16.0. The van der Waals surface area contributed by atoms with Crippen LogP contribution in [-0.4, -0.2) is 61.0 Å². The number of rotatable bonds is 4. The van der Waals surface area contributed by atoms with Gasteiger partial charge in [0, 0.05) is 26.2 Å². The second-order valence-electron chi connectivity index (χ2n) is 6.16. The highest BCUT2D eigenvalue weighted by Gasteiger charge is 2.20. The van der Waals surface area contributed by atoms with Gasteiger partial charge in [0.15, 0.2) is 16.1 Å². The van der Waals surface area contributed by atoms with Crippen molar-refractivity contribution in [2.75, 3.05) is 49.7 Å². The molecule has 8 nitrogen and oxygen atoms in total. The molecule has 2 N–H and O–H groups in total. The fourth-order valence-electron chi connectivity index (χ4n) is 3.19. The smallest absolute Gasteiger partial charge is 0.170 e. The molecule has 0 radical (unpaired) electrons. The van der Waals surface area contributed by atoms with E-state index in [0.717, 1.165) is 49.4 Å². The molecule has 2 aromatic rings. The van der Waals surface area contributed by atoms with Gasteiger partial charge in [-0.2, -0.15) is 0 Å². The van der Waals surface area contributed by atoms with E-state index in [1.54, 1.807) is 0 Å². The molecule has 0 saturated carbocycles. The first-order valence-corrected chi connectivity index (χ1v) is 8.96. The van der Waals surface area contributed by atoms with E-state index in [1.807, 2.05) is 12.1 Å². The Hall–Kier alpha value is -1.97. The summed E-state index contributed by atoms with van der Waals surface area (Å²) in [6, 6.07) is 3.97. The molecular formula is C16H21N5O3S. The highest BCUT2D eigenvalue weighted by Crippen LogP contribution is 2.30. The van der Waals surface area contributed by atoms with Gasteiger partial charge in [-0.05, 0) is 47.5 Å². The highest BCUT2D eigenvalue weighted by atomic mass is 32.1. The van der Waals surface area contributed by atoms with Crippen LogP contribution < -0.4 is 15.5 Å². The fourth-order valence-corrected chi connectivity index (χ4v) is 3.39. The molecule has 134 valence electrons. The highest BCUT2D eigenvalue weighted by molar-refractivity contribution is 7.80. The van der Waals surface area contributed by atoms with Gasteiger partial charge in [-0.25, -0.2) is 4.63 Å². The van der Waals surface area contributed by atoms with Crippen molar-refractivity contribution >= 4 is 39.7 Å². The maximum Gasteiger partial charge on any atom is 0.170 e. The molecule has 0 aliphatic carbocycles. The van der Waals surface area contributed by atoms with Crippen molar-refractivity contribution in [1.29, 1.82) is 0 Å². The van der Waals surface area contributed by atoms with Crippen molar-refractivity contribution in [3.8, 4) is 0 Å². The van der Waals surface area contributed by atoms with Crippen LogP contribution in [0.15, 0.2) is 16.8 Å². The molecule has 25 heavy (non-hydrogen) atoms. The van der Waals surface area contributed by atoms with Crippen molar-refractivity contribution in [3.05, 3.63) is 12.1 Å². The van der Waals surface area contributed by atoms with Crippen LogP contribution >= 0.6 is 12.2 Å². The van der Waals surface area contributed by atoms with Crippen LogP contribution in [0, 0.1) is 0 Å². The lowest BCUT2D eigenvalue weighted by Gasteiger charge is -2.28. The van der Waals surface area contributed by atoms with E-state index in [-0.39, 0.29) is 6.10 Å². The average Bonchev–Trinajstić information content (AvgIpc) is 3.33. The summed E-state index contributed by atoms with van der Waals surface area (Å²) in [5.41, 5.74) is 3.18. The van der Waals surface area contributed by atoms with Crippen LogP contribution in [0.4, 0.5) is 11.4 Å². The maximum absolute atomic E-state index is 5.59. The van der Waals surface area contributed by atoms with Crippen molar-refractivity contribution in [1.82, 2.24) is 15.6 Å². The number of nitrogens with one attached hydrogen (secondary N) is 2. The summed E-state index contributed by atoms with van der Waals surface area (Å²) >= 11 is 5.38. The standard InChI is InChI=1S/C16H21N5O3S/c25-16(17-10-11-2-1-7-23-11)18-12-3-4-13(15-14(12)19-24-20-15)21-5-8-22-9-6-21/h3-4,11H,1-2,5-10H2,(H2,17,18,25)/t11-/m1/s1. The van der Waals surface area contributed by atoms with Gasteiger partial charge < -0.3 is 25.0 Å². The number of hydrogen-bond donors (Lipinski definition) is 2. The van der Waals surface area contributed by atoms with E-state index in [4.69, 9.17) is 26.3 Å². The molecule has 1 atom stereocenters. The molecule has 9 heteroatoms. The van der Waals surface area contributed by atoms with E-state index < -0.39 is 0 Å². The Balaban J connectivity index is 1.46. The summed E-state index contributed by atoms with van der Waals surface area (Å²) in [7, 11) is 0. The van der Waals surface area contributed by atoms with Gasteiger partial charge in [0.2, 0.25) is 0 Å². The Kier molecular flexibility index (Phi) is 4.95. The number of hydrogen-bond acceptors (Lipinski definition) is 7. The van der Waals surface area contributed by atoms with Crippen molar-refractivity contribution in [2.45, 2.75) is 18.9 Å². The molecule has 3 heterocycles. The molecule has 2 aliphatic rings. The summed E-state index contributed by atoms with van der Waals surface area (Å²) in [4.78, 5) is 2.23. The zero-order chi connectivity index (χ0) is 17.1. The number of fused-ring (bicyclic) bond motifs is 1. The van der Waals surface area contributed by atoms with E-state index in [0.29, 0.717) is 30.4 Å². The van der Waals surface area contributed by atoms with Gasteiger partial charge in [0.25, 0.3) is 0 Å². The second-order valence-corrected chi connectivity index (χ2v) is 6.57. The predicted molar refractivity (Wildman–Crippen MR) is 98.0 cm³/mol. The van der Waals surface area contributed by atoms with Crippen LogP contribution in [0.5, 0.6) is 0 Å². The molecule has 4 rings (SSSR count). The van der Waals surface area contributed by atoms with Crippen LogP contribution in [0.2, 0.25) is 0 Å². The van der Waals surface area contributed by atoms with Gasteiger partial charge in [-0.1, -0.05) is 0 Å². The average molecular weight is 363 g/mol. The zero-order valence-corrected chi connectivity index (χ0v) is 14.7. The minimum Gasteiger partial charge on any atom is -0.378 e. The van der Waals surface area contributed by atoms with Crippen molar-refractivity contribution in [3.63, 3.8) is 0 Å². The third-order valence-corrected chi connectivity index (χ3v) is 4.75. The first-order valence-electron chi connectivity index (χ1n) is 8.56. The quantitative estimate of drug-likeness (QED) is 0.785. The van der Waals surface area contributed by atoms with Crippen LogP contribution in [-0.2, 0) is 9.47 Å². The third-order valence-electron chi connectivity index (χ3n) is 4.51. The van der Waals surface area contributed by atoms with Gasteiger partial charge in [-0.3, -0.25) is 0 Å². The lowest BCUT2D eigenvalue weighted by atomic mass is 10.2.